The van der Waals surface area contributed by atoms with Crippen molar-refractivity contribution in [1.82, 2.24) is 10.3 Å². The Morgan fingerprint density at radius 3 is 2.42 bits per heavy atom. The number of aromatic nitrogens is 1. The summed E-state index contributed by atoms with van der Waals surface area (Å²) in [5.41, 5.74) is 2.92. The molecule has 0 aliphatic carbocycles. The van der Waals surface area contributed by atoms with Crippen molar-refractivity contribution >= 4 is 17.5 Å². The topological polar surface area (TPSA) is 66.7 Å². The van der Waals surface area contributed by atoms with Gasteiger partial charge >= 0.3 is 0 Å². The second-order valence-electron chi connectivity index (χ2n) is 4.92. The van der Waals surface area contributed by atoms with E-state index >= 15 is 0 Å². The number of nitrogens with one attached hydrogen (secondary N) is 1. The molecule has 0 fully saturated rings. The van der Waals surface area contributed by atoms with Crippen LogP contribution in [-0.4, -0.2) is 22.4 Å². The molecule has 0 bridgehead atoms. The van der Waals surface area contributed by atoms with Crippen molar-refractivity contribution in [3.8, 4) is 0 Å². The first kappa shape index (κ1) is 17.5. The average molecular weight is 326 g/mol. The molecule has 1 aliphatic rings. The van der Waals surface area contributed by atoms with Gasteiger partial charge in [0.2, 0.25) is 0 Å². The maximum Gasteiger partial charge on any atom is 0.256 e. The molecule has 0 spiro atoms. The van der Waals surface area contributed by atoms with Crippen LogP contribution < -0.4 is 5.32 Å². The summed E-state index contributed by atoms with van der Waals surface area (Å²) in [6.45, 7) is 5.91. The lowest BCUT2D eigenvalue weighted by Gasteiger charge is -2.05. The van der Waals surface area contributed by atoms with Crippen molar-refractivity contribution < 1.29 is 9.18 Å². The Balaban J connectivity index is 0.00000100. The highest BCUT2D eigenvalue weighted by Gasteiger charge is 2.17. The standard InChI is InChI=1S/C16H13FN4O.C2H6/c1-10-2-3-12(9-18-10)14-8-15(21-20-14)19-16(22)11-4-6-13(17)7-5-11;1-2/h2-7,9H,8H2,1H3,(H,19,21,22);1-2H3. The normalized spacial score (nSPS) is 12.7. The number of amidine groups is 1. The summed E-state index contributed by atoms with van der Waals surface area (Å²) >= 11 is 0. The van der Waals surface area contributed by atoms with E-state index in [1.165, 1.54) is 24.3 Å². The van der Waals surface area contributed by atoms with Gasteiger partial charge in [0.05, 0.1) is 12.1 Å². The Morgan fingerprint density at radius 1 is 1.08 bits per heavy atom. The third-order valence-corrected chi connectivity index (χ3v) is 3.24. The minimum atomic E-state index is -0.382. The Hall–Kier alpha value is -2.89. The first-order valence-electron chi connectivity index (χ1n) is 7.75. The number of benzene rings is 1. The summed E-state index contributed by atoms with van der Waals surface area (Å²) in [6.07, 6.45) is 2.16. The van der Waals surface area contributed by atoms with E-state index in [0.717, 1.165) is 17.0 Å². The molecule has 0 unspecified atom stereocenters. The van der Waals surface area contributed by atoms with Gasteiger partial charge < -0.3 is 5.32 Å². The van der Waals surface area contributed by atoms with Crippen molar-refractivity contribution in [2.24, 2.45) is 10.2 Å². The van der Waals surface area contributed by atoms with E-state index in [1.54, 1.807) is 6.20 Å². The summed E-state index contributed by atoms with van der Waals surface area (Å²) < 4.78 is 12.8. The van der Waals surface area contributed by atoms with Crippen LogP contribution in [0.4, 0.5) is 4.39 Å². The molecule has 3 rings (SSSR count). The summed E-state index contributed by atoms with van der Waals surface area (Å²) in [6, 6.07) is 9.14. The van der Waals surface area contributed by atoms with E-state index in [4.69, 9.17) is 0 Å². The number of carbonyl (C=O) groups is 1. The van der Waals surface area contributed by atoms with Gasteiger partial charge in [-0.15, -0.1) is 5.10 Å². The van der Waals surface area contributed by atoms with Crippen molar-refractivity contribution in [3.63, 3.8) is 0 Å². The van der Waals surface area contributed by atoms with Gasteiger partial charge in [-0.05, 0) is 43.3 Å². The Labute approximate surface area is 140 Å². The number of aryl methyl sites for hydroxylation is 1. The number of halogens is 1. The fourth-order valence-electron chi connectivity index (χ4n) is 2.02. The minimum Gasteiger partial charge on any atom is -0.308 e. The van der Waals surface area contributed by atoms with Gasteiger partial charge in [-0.25, -0.2) is 4.39 Å². The third-order valence-electron chi connectivity index (χ3n) is 3.24. The lowest BCUT2D eigenvalue weighted by Crippen LogP contribution is -2.30. The molecule has 6 heteroatoms. The van der Waals surface area contributed by atoms with Crippen LogP contribution in [-0.2, 0) is 0 Å². The Morgan fingerprint density at radius 2 is 1.79 bits per heavy atom. The molecule has 1 N–H and O–H groups in total. The number of amides is 1. The van der Waals surface area contributed by atoms with E-state index in [0.29, 0.717) is 17.8 Å². The molecular formula is C18H19FN4O. The molecule has 0 saturated carbocycles. The summed E-state index contributed by atoms with van der Waals surface area (Å²) in [5, 5.41) is 10.7. The number of carbonyl (C=O) groups excluding carboxylic acids is 1. The molecule has 5 nitrogen and oxygen atoms in total. The second kappa shape index (κ2) is 8.10. The molecule has 1 aliphatic heterocycles. The number of rotatable bonds is 2. The minimum absolute atomic E-state index is 0.336. The van der Waals surface area contributed by atoms with Crippen LogP contribution >= 0.6 is 0 Å². The zero-order chi connectivity index (χ0) is 17.5. The molecule has 124 valence electrons. The molecule has 24 heavy (non-hydrogen) atoms. The monoisotopic (exact) mass is 326 g/mol. The van der Waals surface area contributed by atoms with Crippen LogP contribution in [0.3, 0.4) is 0 Å². The van der Waals surface area contributed by atoms with Crippen LogP contribution in [0.2, 0.25) is 0 Å². The number of hydrogen-bond donors (Lipinski definition) is 1. The zero-order valence-electron chi connectivity index (χ0n) is 13.9. The van der Waals surface area contributed by atoms with Gasteiger partial charge in [0.15, 0.2) is 0 Å². The largest absolute Gasteiger partial charge is 0.308 e. The van der Waals surface area contributed by atoms with Crippen LogP contribution in [0.25, 0.3) is 0 Å². The van der Waals surface area contributed by atoms with Crippen molar-refractivity contribution in [2.45, 2.75) is 27.2 Å². The quantitative estimate of drug-likeness (QED) is 0.918. The third kappa shape index (κ3) is 4.32. The number of nitrogens with zero attached hydrogens (tertiary/aromatic N) is 3. The lowest BCUT2D eigenvalue weighted by atomic mass is 10.1. The SMILES string of the molecule is CC.Cc1ccc(C2=NN=C(NC(=O)c3ccc(F)cc3)C2)cn1. The first-order chi connectivity index (χ1) is 11.6. The van der Waals surface area contributed by atoms with Crippen LogP contribution in [0.5, 0.6) is 0 Å². The van der Waals surface area contributed by atoms with E-state index < -0.39 is 0 Å². The van der Waals surface area contributed by atoms with Gasteiger partial charge in [-0.2, -0.15) is 5.10 Å². The molecule has 0 atom stereocenters. The molecule has 0 saturated heterocycles. The molecule has 1 aromatic heterocycles. The van der Waals surface area contributed by atoms with Crippen LogP contribution in [0.1, 0.15) is 41.9 Å². The predicted octanol–water partition coefficient (Wildman–Crippen LogP) is 3.49. The second-order valence-corrected chi connectivity index (χ2v) is 4.92. The number of pyridine rings is 1. The Bertz CT molecular complexity index is 765. The van der Waals surface area contributed by atoms with Crippen molar-refractivity contribution in [2.75, 3.05) is 0 Å². The smallest absolute Gasteiger partial charge is 0.256 e. The van der Waals surface area contributed by atoms with Gasteiger partial charge in [0.25, 0.3) is 5.91 Å². The van der Waals surface area contributed by atoms with Crippen LogP contribution in [0.15, 0.2) is 52.8 Å². The van der Waals surface area contributed by atoms with E-state index in [9.17, 15) is 9.18 Å². The molecule has 2 heterocycles. The highest BCUT2D eigenvalue weighted by molar-refractivity contribution is 6.18. The van der Waals surface area contributed by atoms with Gasteiger partial charge in [-0.3, -0.25) is 9.78 Å². The molecule has 2 aromatic rings. The summed E-state index contributed by atoms with van der Waals surface area (Å²) in [4.78, 5) is 16.2. The number of hydrogen-bond acceptors (Lipinski definition) is 4. The fraction of sp³-hybridized carbons (Fsp3) is 0.222. The molecule has 1 aromatic carbocycles. The molecule has 1 amide bonds. The molecule has 0 radical (unpaired) electrons. The molecular weight excluding hydrogens is 307 g/mol. The fourth-order valence-corrected chi connectivity index (χ4v) is 2.02. The van der Waals surface area contributed by atoms with Gasteiger partial charge in [-0.1, -0.05) is 13.8 Å². The zero-order valence-corrected chi connectivity index (χ0v) is 13.9. The first-order valence-corrected chi connectivity index (χ1v) is 7.75. The van der Waals surface area contributed by atoms with E-state index in [1.807, 2.05) is 32.9 Å². The van der Waals surface area contributed by atoms with Crippen LogP contribution in [0, 0.1) is 12.7 Å². The maximum absolute atomic E-state index is 12.8. The highest BCUT2D eigenvalue weighted by atomic mass is 19.1. The average Bonchev–Trinajstić information content (AvgIpc) is 3.06. The maximum atomic E-state index is 12.8. The van der Waals surface area contributed by atoms with Crippen molar-refractivity contribution in [1.29, 1.82) is 0 Å². The van der Waals surface area contributed by atoms with Crippen molar-refractivity contribution in [3.05, 3.63) is 65.2 Å². The van der Waals surface area contributed by atoms with Gasteiger partial charge in [0.1, 0.15) is 11.7 Å². The highest BCUT2D eigenvalue weighted by Crippen LogP contribution is 2.11. The van der Waals surface area contributed by atoms with E-state index in [2.05, 4.69) is 20.5 Å². The summed E-state index contributed by atoms with van der Waals surface area (Å²) in [5.74, 6) is -0.255. The Kier molecular flexibility index (Phi) is 5.89. The van der Waals surface area contributed by atoms with E-state index in [-0.39, 0.29) is 11.7 Å². The van der Waals surface area contributed by atoms with Gasteiger partial charge in [0, 0.05) is 23.0 Å². The summed E-state index contributed by atoms with van der Waals surface area (Å²) in [7, 11) is 0. The predicted molar refractivity (Wildman–Crippen MR) is 92.8 cm³/mol. The lowest BCUT2D eigenvalue weighted by molar-refractivity contribution is 0.0976.